The van der Waals surface area contributed by atoms with E-state index in [-0.39, 0.29) is 18.2 Å². The highest BCUT2D eigenvalue weighted by atomic mass is 32.2. The highest BCUT2D eigenvalue weighted by molar-refractivity contribution is 8.15. The van der Waals surface area contributed by atoms with E-state index in [1.807, 2.05) is 18.2 Å². The molecule has 2 amide bonds. The fraction of sp³-hybridized carbons (Fsp3) is 0.250. The van der Waals surface area contributed by atoms with Gasteiger partial charge >= 0.3 is 0 Å². The molecule has 0 bridgehead atoms. The lowest BCUT2D eigenvalue weighted by atomic mass is 10.2. The molecule has 0 aliphatic carbocycles. The summed E-state index contributed by atoms with van der Waals surface area (Å²) in [6, 6.07) is 14.4. The van der Waals surface area contributed by atoms with Crippen LogP contribution in [-0.4, -0.2) is 48.4 Å². The minimum absolute atomic E-state index is 0.0904. The van der Waals surface area contributed by atoms with Crippen molar-refractivity contribution in [1.82, 2.24) is 4.90 Å². The minimum Gasteiger partial charge on any atom is -0.495 e. The largest absolute Gasteiger partial charge is 0.495 e. The molecule has 0 spiro atoms. The number of para-hydroxylation sites is 4. The van der Waals surface area contributed by atoms with Crippen molar-refractivity contribution in [2.75, 3.05) is 26.6 Å². The normalized spacial score (nSPS) is 18.1. The number of hydrogen-bond acceptors (Lipinski definition) is 6. The van der Waals surface area contributed by atoms with Crippen LogP contribution in [0.5, 0.6) is 11.5 Å². The van der Waals surface area contributed by atoms with E-state index in [0.717, 1.165) is 0 Å². The van der Waals surface area contributed by atoms with Gasteiger partial charge in [0.05, 0.1) is 19.9 Å². The number of ether oxygens (including phenoxy) is 2. The third-order valence-corrected chi connectivity index (χ3v) is 5.47. The Balaban J connectivity index is 1.82. The number of carbonyl (C=O) groups excluding carboxylic acids is 2. The van der Waals surface area contributed by atoms with Gasteiger partial charge in [0.1, 0.15) is 22.4 Å². The minimum atomic E-state index is -0.595. The van der Waals surface area contributed by atoms with Crippen LogP contribution in [0.1, 0.15) is 6.42 Å². The molecule has 1 fully saturated rings. The smallest absolute Gasteiger partial charge is 0.238 e. The molecule has 0 aromatic heterocycles. The summed E-state index contributed by atoms with van der Waals surface area (Å²) in [5, 5.41) is 2.69. The summed E-state index contributed by atoms with van der Waals surface area (Å²) in [5.41, 5.74) is 1.16. The summed E-state index contributed by atoms with van der Waals surface area (Å²) in [7, 11) is 4.75. The number of amidine groups is 1. The molecule has 2 aromatic rings. The number of nitrogens with one attached hydrogen (secondary N) is 1. The summed E-state index contributed by atoms with van der Waals surface area (Å²) in [5.74, 6) is 0.705. The van der Waals surface area contributed by atoms with E-state index in [9.17, 15) is 9.59 Å². The lowest BCUT2D eigenvalue weighted by Gasteiger charge is -2.29. The number of hydrogen-bond donors (Lipinski definition) is 1. The Morgan fingerprint density at radius 3 is 2.46 bits per heavy atom. The average molecular weight is 399 g/mol. The Kier molecular flexibility index (Phi) is 6.20. The summed E-state index contributed by atoms with van der Waals surface area (Å²) in [6.45, 7) is 0. The van der Waals surface area contributed by atoms with Gasteiger partial charge in [0.25, 0.3) is 0 Å². The Morgan fingerprint density at radius 2 is 1.75 bits per heavy atom. The number of nitrogens with zero attached hydrogens (tertiary/aromatic N) is 2. The molecule has 1 heterocycles. The number of thioether (sulfide) groups is 1. The van der Waals surface area contributed by atoms with Crippen molar-refractivity contribution >= 4 is 40.1 Å². The molecule has 1 N–H and O–H groups in total. The van der Waals surface area contributed by atoms with Crippen LogP contribution in [0.2, 0.25) is 0 Å². The first-order valence-corrected chi connectivity index (χ1v) is 9.50. The summed E-state index contributed by atoms with van der Waals surface area (Å²) in [4.78, 5) is 31.2. The number of aliphatic imine (C=N–C) groups is 1. The quantitative estimate of drug-likeness (QED) is 0.835. The molecule has 1 saturated heterocycles. The molecule has 28 heavy (non-hydrogen) atoms. The van der Waals surface area contributed by atoms with Gasteiger partial charge in [-0.2, -0.15) is 0 Å². The lowest BCUT2D eigenvalue weighted by Crippen LogP contribution is -2.43. The third kappa shape index (κ3) is 4.28. The molecule has 8 heteroatoms. The molecule has 1 aliphatic rings. The van der Waals surface area contributed by atoms with Gasteiger partial charge in [-0.1, -0.05) is 36.0 Å². The van der Waals surface area contributed by atoms with E-state index in [4.69, 9.17) is 9.47 Å². The number of rotatable bonds is 5. The van der Waals surface area contributed by atoms with Crippen LogP contribution in [0.25, 0.3) is 0 Å². The van der Waals surface area contributed by atoms with Crippen molar-refractivity contribution in [1.29, 1.82) is 0 Å². The van der Waals surface area contributed by atoms with Crippen molar-refractivity contribution in [3.63, 3.8) is 0 Å². The van der Waals surface area contributed by atoms with Crippen molar-refractivity contribution in [3.8, 4) is 11.5 Å². The van der Waals surface area contributed by atoms with Crippen LogP contribution in [0.3, 0.4) is 0 Å². The summed E-state index contributed by atoms with van der Waals surface area (Å²) >= 11 is 1.24. The SMILES string of the molecule is COc1ccccc1N=C1S[C@@H](C(=O)Nc2ccccc2OC)CC(=O)N1C. The Morgan fingerprint density at radius 1 is 1.11 bits per heavy atom. The molecule has 1 aliphatic heterocycles. The van der Waals surface area contributed by atoms with E-state index in [2.05, 4.69) is 10.3 Å². The fourth-order valence-electron chi connectivity index (χ4n) is 2.68. The van der Waals surface area contributed by atoms with Crippen LogP contribution < -0.4 is 14.8 Å². The molecule has 0 unspecified atom stereocenters. The molecular weight excluding hydrogens is 378 g/mol. The van der Waals surface area contributed by atoms with Gasteiger partial charge in [-0.3, -0.25) is 14.5 Å². The first-order valence-electron chi connectivity index (χ1n) is 8.62. The van der Waals surface area contributed by atoms with Gasteiger partial charge < -0.3 is 14.8 Å². The second-order valence-corrected chi connectivity index (χ2v) is 7.19. The molecule has 146 valence electrons. The fourth-order valence-corrected chi connectivity index (χ4v) is 3.74. The Bertz CT molecular complexity index is 916. The van der Waals surface area contributed by atoms with Gasteiger partial charge in [0.2, 0.25) is 11.8 Å². The Labute approximate surface area is 167 Å². The van der Waals surface area contributed by atoms with E-state index in [1.54, 1.807) is 44.5 Å². The number of benzene rings is 2. The van der Waals surface area contributed by atoms with Crippen LogP contribution in [-0.2, 0) is 9.59 Å². The highest BCUT2D eigenvalue weighted by Gasteiger charge is 2.34. The zero-order chi connectivity index (χ0) is 20.1. The number of carbonyl (C=O) groups is 2. The maximum absolute atomic E-state index is 12.8. The second kappa shape index (κ2) is 8.79. The molecule has 3 rings (SSSR count). The number of methoxy groups -OCH3 is 2. The molecule has 7 nitrogen and oxygen atoms in total. The molecular formula is C20H21N3O4S. The summed E-state index contributed by atoms with van der Waals surface area (Å²) < 4.78 is 10.6. The van der Waals surface area contributed by atoms with Crippen molar-refractivity contribution in [2.45, 2.75) is 11.7 Å². The summed E-state index contributed by atoms with van der Waals surface area (Å²) in [6.07, 6.45) is 0.0904. The predicted molar refractivity (Wildman–Crippen MR) is 110 cm³/mol. The Hall–Kier alpha value is -3.00. The average Bonchev–Trinajstić information content (AvgIpc) is 2.72. The van der Waals surface area contributed by atoms with Gasteiger partial charge in [0.15, 0.2) is 5.17 Å². The van der Waals surface area contributed by atoms with Crippen LogP contribution >= 0.6 is 11.8 Å². The van der Waals surface area contributed by atoms with E-state index < -0.39 is 5.25 Å². The predicted octanol–water partition coefficient (Wildman–Crippen LogP) is 3.29. The van der Waals surface area contributed by atoms with Crippen LogP contribution in [0.4, 0.5) is 11.4 Å². The van der Waals surface area contributed by atoms with Crippen LogP contribution in [0, 0.1) is 0 Å². The molecule has 0 radical (unpaired) electrons. The standard InChI is InChI=1S/C20H21N3O4S/c1-23-18(24)12-17(19(25)21-13-8-4-6-10-15(13)26-2)28-20(23)22-14-9-5-7-11-16(14)27-3/h4-11,17H,12H2,1-3H3,(H,21,25)/t17-/m1/s1. The van der Waals surface area contributed by atoms with E-state index in [0.29, 0.717) is 28.0 Å². The molecule has 2 aromatic carbocycles. The highest BCUT2D eigenvalue weighted by Crippen LogP contribution is 2.33. The van der Waals surface area contributed by atoms with Crippen molar-refractivity contribution in [2.24, 2.45) is 4.99 Å². The monoisotopic (exact) mass is 399 g/mol. The molecule has 1 atom stereocenters. The number of amides is 2. The van der Waals surface area contributed by atoms with Gasteiger partial charge in [0, 0.05) is 13.5 Å². The van der Waals surface area contributed by atoms with Gasteiger partial charge in [-0.15, -0.1) is 0 Å². The zero-order valence-electron chi connectivity index (χ0n) is 15.8. The third-order valence-electron chi connectivity index (χ3n) is 4.23. The number of anilines is 1. The second-order valence-electron chi connectivity index (χ2n) is 6.02. The molecule has 0 saturated carbocycles. The van der Waals surface area contributed by atoms with Gasteiger partial charge in [-0.25, -0.2) is 4.99 Å². The topological polar surface area (TPSA) is 80.2 Å². The first kappa shape index (κ1) is 19.8. The zero-order valence-corrected chi connectivity index (χ0v) is 16.7. The van der Waals surface area contributed by atoms with E-state index in [1.165, 1.54) is 23.8 Å². The van der Waals surface area contributed by atoms with Crippen molar-refractivity contribution in [3.05, 3.63) is 48.5 Å². The van der Waals surface area contributed by atoms with E-state index >= 15 is 0 Å². The first-order chi connectivity index (χ1) is 13.5. The van der Waals surface area contributed by atoms with Gasteiger partial charge in [-0.05, 0) is 24.3 Å². The lowest BCUT2D eigenvalue weighted by molar-refractivity contribution is -0.128. The van der Waals surface area contributed by atoms with Crippen molar-refractivity contribution < 1.29 is 19.1 Å². The van der Waals surface area contributed by atoms with Crippen LogP contribution in [0.15, 0.2) is 53.5 Å². The maximum atomic E-state index is 12.8. The maximum Gasteiger partial charge on any atom is 0.238 e.